The minimum absolute atomic E-state index is 0.0895. The number of nitrogens with one attached hydrogen (secondary N) is 1. The van der Waals surface area contributed by atoms with Gasteiger partial charge in [-0.2, -0.15) is 4.98 Å². The first kappa shape index (κ1) is 20.2. The molecule has 2 aliphatic rings. The number of nitrogens with zero attached hydrogens (tertiary/aromatic N) is 3. The molecule has 1 aliphatic heterocycles. The molecule has 1 aromatic heterocycles. The molecule has 7 heteroatoms. The zero-order valence-electron chi connectivity index (χ0n) is 17.2. The number of amides is 1. The number of carbonyl (C=O) groups excluding carboxylic acids is 1. The van der Waals surface area contributed by atoms with Gasteiger partial charge in [-0.05, 0) is 43.7 Å². The second-order valence-corrected chi connectivity index (χ2v) is 9.12. The van der Waals surface area contributed by atoms with E-state index in [0.717, 1.165) is 61.6 Å². The van der Waals surface area contributed by atoms with Crippen molar-refractivity contribution in [2.24, 2.45) is 0 Å². The van der Waals surface area contributed by atoms with Crippen LogP contribution in [-0.4, -0.2) is 48.4 Å². The molecular formula is C22H29N4O2S+. The third kappa shape index (κ3) is 4.26. The average Bonchev–Trinajstić information content (AvgIpc) is 3.15. The Morgan fingerprint density at radius 1 is 1.17 bits per heavy atom. The van der Waals surface area contributed by atoms with Gasteiger partial charge in [-0.15, -0.1) is 0 Å². The highest BCUT2D eigenvalue weighted by Gasteiger charge is 2.26. The van der Waals surface area contributed by atoms with Crippen molar-refractivity contribution in [3.05, 3.63) is 51.6 Å². The van der Waals surface area contributed by atoms with Gasteiger partial charge in [-0.25, -0.2) is 4.79 Å². The molecule has 2 heterocycles. The van der Waals surface area contributed by atoms with Crippen molar-refractivity contribution in [1.82, 2.24) is 9.55 Å². The van der Waals surface area contributed by atoms with Crippen LogP contribution in [0.5, 0.6) is 0 Å². The van der Waals surface area contributed by atoms with E-state index < -0.39 is 0 Å². The van der Waals surface area contributed by atoms with Gasteiger partial charge in [0.25, 0.3) is 0 Å². The van der Waals surface area contributed by atoms with Crippen LogP contribution in [0, 0.1) is 0 Å². The number of anilines is 1. The minimum atomic E-state index is -0.173. The van der Waals surface area contributed by atoms with Gasteiger partial charge in [0.2, 0.25) is 5.91 Å². The van der Waals surface area contributed by atoms with Crippen molar-refractivity contribution >= 4 is 23.4 Å². The van der Waals surface area contributed by atoms with E-state index in [1.54, 1.807) is 0 Å². The first-order valence-corrected chi connectivity index (χ1v) is 11.5. The van der Waals surface area contributed by atoms with Crippen LogP contribution in [-0.2, 0) is 30.6 Å². The van der Waals surface area contributed by atoms with Gasteiger partial charge in [0.1, 0.15) is 5.03 Å². The predicted octanol–water partition coefficient (Wildman–Crippen LogP) is 0.948. The summed E-state index contributed by atoms with van der Waals surface area (Å²) in [6.07, 6.45) is 5.01. The fourth-order valence-corrected chi connectivity index (χ4v) is 5.19. The van der Waals surface area contributed by atoms with Crippen molar-refractivity contribution in [2.75, 3.05) is 37.8 Å². The normalized spacial score (nSPS) is 15.5. The zero-order valence-corrected chi connectivity index (χ0v) is 18.1. The molecule has 0 atom stereocenters. The maximum atomic E-state index is 12.9. The third-order valence-corrected chi connectivity index (χ3v) is 6.81. The van der Waals surface area contributed by atoms with Gasteiger partial charge in [-0.1, -0.05) is 30.0 Å². The SMILES string of the molecule is C[NH+](C)CCn1c2c(c(SCC(=O)N3CCc4ccccc43)nc1=O)CCCC2. The van der Waals surface area contributed by atoms with Crippen LogP contribution >= 0.6 is 11.8 Å². The molecule has 4 rings (SSSR count). The molecule has 0 unspecified atom stereocenters. The summed E-state index contributed by atoms with van der Waals surface area (Å²) >= 11 is 1.43. The summed E-state index contributed by atoms with van der Waals surface area (Å²) in [4.78, 5) is 33.2. The third-order valence-electron chi connectivity index (χ3n) is 5.81. The van der Waals surface area contributed by atoms with Crippen LogP contribution in [0.2, 0.25) is 0 Å². The van der Waals surface area contributed by atoms with Crippen molar-refractivity contribution < 1.29 is 9.69 Å². The number of likely N-dealkylation sites (N-methyl/N-ethyl adjacent to an activating group) is 1. The smallest absolute Gasteiger partial charge is 0.338 e. The van der Waals surface area contributed by atoms with Crippen molar-refractivity contribution in [3.8, 4) is 0 Å². The summed E-state index contributed by atoms with van der Waals surface area (Å²) in [5.74, 6) is 0.408. The Kier molecular flexibility index (Phi) is 6.06. The zero-order chi connectivity index (χ0) is 20.4. The number of hydrogen-bond donors (Lipinski definition) is 1. The number of quaternary nitrogens is 1. The summed E-state index contributed by atoms with van der Waals surface area (Å²) in [5.41, 5.74) is 4.40. The molecule has 0 spiro atoms. The number of hydrogen-bond acceptors (Lipinski definition) is 4. The topological polar surface area (TPSA) is 59.6 Å². The predicted molar refractivity (Wildman–Crippen MR) is 116 cm³/mol. The monoisotopic (exact) mass is 413 g/mol. The van der Waals surface area contributed by atoms with Gasteiger partial charge in [0, 0.05) is 23.5 Å². The maximum Gasteiger partial charge on any atom is 0.349 e. The molecule has 0 saturated heterocycles. The summed E-state index contributed by atoms with van der Waals surface area (Å²) in [6, 6.07) is 8.09. The van der Waals surface area contributed by atoms with Gasteiger partial charge in [0.15, 0.2) is 0 Å². The molecule has 1 aromatic carbocycles. The second-order valence-electron chi connectivity index (χ2n) is 8.15. The number of para-hydroxylation sites is 1. The number of benzene rings is 1. The van der Waals surface area contributed by atoms with Gasteiger partial charge < -0.3 is 9.80 Å². The quantitative estimate of drug-likeness (QED) is 0.566. The van der Waals surface area contributed by atoms with E-state index in [-0.39, 0.29) is 11.6 Å². The average molecular weight is 414 g/mol. The standard InChI is InChI=1S/C22H28N4O2S/c1-24(2)13-14-26-19-10-6-4-8-17(19)21(23-22(26)28)29-15-20(27)25-12-11-16-7-3-5-9-18(16)25/h3,5,7,9H,4,6,8,10-15H2,1-2H3/p+1. The molecule has 0 radical (unpaired) electrons. The maximum absolute atomic E-state index is 12.9. The van der Waals surface area contributed by atoms with Gasteiger partial charge in [-0.3, -0.25) is 9.36 Å². The Morgan fingerprint density at radius 2 is 1.97 bits per heavy atom. The number of rotatable bonds is 6. The molecule has 1 amide bonds. The first-order chi connectivity index (χ1) is 14.0. The van der Waals surface area contributed by atoms with E-state index in [4.69, 9.17) is 0 Å². The summed E-state index contributed by atoms with van der Waals surface area (Å²) < 4.78 is 1.87. The fourth-order valence-electron chi connectivity index (χ4n) is 4.24. The lowest BCUT2D eigenvalue weighted by Crippen LogP contribution is -3.06. The van der Waals surface area contributed by atoms with E-state index in [9.17, 15) is 9.59 Å². The molecule has 29 heavy (non-hydrogen) atoms. The highest BCUT2D eigenvalue weighted by atomic mass is 32.2. The van der Waals surface area contributed by atoms with Crippen molar-refractivity contribution in [1.29, 1.82) is 0 Å². The van der Waals surface area contributed by atoms with E-state index in [2.05, 4.69) is 25.1 Å². The minimum Gasteiger partial charge on any atom is -0.338 e. The van der Waals surface area contributed by atoms with E-state index >= 15 is 0 Å². The lowest BCUT2D eigenvalue weighted by Gasteiger charge is -2.23. The number of carbonyl (C=O) groups is 1. The van der Waals surface area contributed by atoms with Gasteiger partial charge in [0.05, 0.1) is 32.9 Å². The van der Waals surface area contributed by atoms with E-state index in [1.807, 2.05) is 27.7 Å². The number of fused-ring (bicyclic) bond motifs is 2. The van der Waals surface area contributed by atoms with Crippen LogP contribution in [0.1, 0.15) is 29.7 Å². The highest BCUT2D eigenvalue weighted by Crippen LogP contribution is 2.31. The van der Waals surface area contributed by atoms with E-state index in [1.165, 1.54) is 27.8 Å². The van der Waals surface area contributed by atoms with Crippen LogP contribution in [0.4, 0.5) is 5.69 Å². The molecule has 0 fully saturated rings. The summed E-state index contributed by atoms with van der Waals surface area (Å²) in [6.45, 7) is 2.33. The van der Waals surface area contributed by atoms with Gasteiger partial charge >= 0.3 is 5.69 Å². The second kappa shape index (κ2) is 8.71. The fraction of sp³-hybridized carbons (Fsp3) is 0.500. The Labute approximate surface area is 175 Å². The van der Waals surface area contributed by atoms with Crippen LogP contribution in [0.25, 0.3) is 0 Å². The van der Waals surface area contributed by atoms with E-state index in [0.29, 0.717) is 12.3 Å². The van der Waals surface area contributed by atoms with Crippen LogP contribution in [0.15, 0.2) is 34.1 Å². The molecular weight excluding hydrogens is 384 g/mol. The lowest BCUT2D eigenvalue weighted by atomic mass is 9.97. The first-order valence-electron chi connectivity index (χ1n) is 10.5. The lowest BCUT2D eigenvalue weighted by molar-refractivity contribution is -0.859. The largest absolute Gasteiger partial charge is 0.349 e. The molecule has 0 saturated carbocycles. The molecule has 2 aromatic rings. The Bertz CT molecular complexity index is 970. The molecule has 6 nitrogen and oxygen atoms in total. The van der Waals surface area contributed by atoms with Crippen LogP contribution < -0.4 is 15.5 Å². The molecule has 1 aliphatic carbocycles. The molecule has 154 valence electrons. The van der Waals surface area contributed by atoms with Crippen molar-refractivity contribution in [3.63, 3.8) is 0 Å². The summed E-state index contributed by atoms with van der Waals surface area (Å²) in [5, 5.41) is 0.763. The number of thioether (sulfide) groups is 1. The Balaban J connectivity index is 1.53. The number of aromatic nitrogens is 2. The molecule has 1 N–H and O–H groups in total. The van der Waals surface area contributed by atoms with Crippen molar-refractivity contribution in [2.45, 2.75) is 43.7 Å². The summed E-state index contributed by atoms with van der Waals surface area (Å²) in [7, 11) is 4.19. The molecule has 0 bridgehead atoms. The Hall–Kier alpha value is -2.12. The highest BCUT2D eigenvalue weighted by molar-refractivity contribution is 8.00. The van der Waals surface area contributed by atoms with Crippen LogP contribution in [0.3, 0.4) is 0 Å². The Morgan fingerprint density at radius 3 is 2.79 bits per heavy atom.